The van der Waals surface area contributed by atoms with E-state index in [2.05, 4.69) is 0 Å². The van der Waals surface area contributed by atoms with Crippen molar-refractivity contribution in [2.45, 2.75) is 13.0 Å². The van der Waals surface area contributed by atoms with Gasteiger partial charge in [0.25, 0.3) is 6.43 Å². The third-order valence-corrected chi connectivity index (χ3v) is 2.67. The van der Waals surface area contributed by atoms with Crippen LogP contribution in [-0.4, -0.2) is 4.92 Å². The maximum atomic E-state index is 12.5. The molecule has 0 amide bonds. The van der Waals surface area contributed by atoms with Crippen LogP contribution in [0.15, 0.2) is 48.5 Å². The summed E-state index contributed by atoms with van der Waals surface area (Å²) in [4.78, 5) is 10.2. The number of benzene rings is 2. The molecule has 0 spiro atoms. The van der Waals surface area contributed by atoms with E-state index in [0.717, 1.165) is 17.7 Å². The van der Waals surface area contributed by atoms with Gasteiger partial charge in [0.1, 0.15) is 6.61 Å². The average Bonchev–Trinajstić information content (AvgIpc) is 2.45. The van der Waals surface area contributed by atoms with E-state index in [0.29, 0.717) is 0 Å². The number of hydrogen-bond acceptors (Lipinski definition) is 3. The number of alkyl halides is 2. The fourth-order valence-electron chi connectivity index (χ4n) is 1.67. The van der Waals surface area contributed by atoms with Gasteiger partial charge in [-0.15, -0.1) is 0 Å². The highest BCUT2D eigenvalue weighted by atomic mass is 19.3. The summed E-state index contributed by atoms with van der Waals surface area (Å²) in [5.74, 6) is -0.0248. The van der Waals surface area contributed by atoms with Crippen LogP contribution in [0.25, 0.3) is 0 Å². The molecule has 0 saturated carbocycles. The molecule has 0 unspecified atom stereocenters. The Labute approximate surface area is 113 Å². The third-order valence-electron chi connectivity index (χ3n) is 2.67. The first-order valence-electron chi connectivity index (χ1n) is 5.81. The van der Waals surface area contributed by atoms with Crippen LogP contribution >= 0.6 is 0 Å². The van der Waals surface area contributed by atoms with Crippen LogP contribution in [0.3, 0.4) is 0 Å². The maximum Gasteiger partial charge on any atom is 0.311 e. The van der Waals surface area contributed by atoms with Crippen LogP contribution < -0.4 is 4.74 Å². The van der Waals surface area contributed by atoms with E-state index in [-0.39, 0.29) is 12.4 Å². The molecule has 4 nitrogen and oxygen atoms in total. The molecular weight excluding hydrogens is 268 g/mol. The van der Waals surface area contributed by atoms with Gasteiger partial charge in [-0.25, -0.2) is 8.78 Å². The standard InChI is InChI=1S/C14H11F2NO3/c15-14(16)11-6-7-13(12(8-11)17(18)19)20-9-10-4-2-1-3-5-10/h1-8,14H,9H2. The Morgan fingerprint density at radius 3 is 2.45 bits per heavy atom. The summed E-state index contributed by atoms with van der Waals surface area (Å²) >= 11 is 0. The number of rotatable bonds is 5. The number of nitrogens with zero attached hydrogens (tertiary/aromatic N) is 1. The second-order valence-electron chi connectivity index (χ2n) is 4.06. The predicted molar refractivity (Wildman–Crippen MR) is 68.8 cm³/mol. The smallest absolute Gasteiger partial charge is 0.311 e. The first-order chi connectivity index (χ1) is 9.58. The van der Waals surface area contributed by atoms with Crippen LogP contribution in [0.1, 0.15) is 17.6 Å². The largest absolute Gasteiger partial charge is 0.482 e. The molecule has 0 fully saturated rings. The zero-order chi connectivity index (χ0) is 14.5. The van der Waals surface area contributed by atoms with Gasteiger partial charge in [-0.1, -0.05) is 30.3 Å². The fraction of sp³-hybridized carbons (Fsp3) is 0.143. The van der Waals surface area contributed by atoms with Gasteiger partial charge in [-0.05, 0) is 17.7 Å². The maximum absolute atomic E-state index is 12.5. The lowest BCUT2D eigenvalue weighted by molar-refractivity contribution is -0.386. The van der Waals surface area contributed by atoms with Crippen molar-refractivity contribution >= 4 is 5.69 Å². The van der Waals surface area contributed by atoms with E-state index in [4.69, 9.17) is 4.74 Å². The molecule has 2 aromatic rings. The number of hydrogen-bond donors (Lipinski definition) is 0. The minimum atomic E-state index is -2.75. The van der Waals surface area contributed by atoms with Gasteiger partial charge in [0.05, 0.1) is 4.92 Å². The molecule has 104 valence electrons. The first-order valence-corrected chi connectivity index (χ1v) is 5.81. The molecular formula is C14H11F2NO3. The monoisotopic (exact) mass is 279 g/mol. The van der Waals surface area contributed by atoms with Gasteiger partial charge in [0.15, 0.2) is 5.75 Å². The SMILES string of the molecule is O=[N+]([O-])c1cc(C(F)F)ccc1OCc1ccccc1. The van der Waals surface area contributed by atoms with Crippen molar-refractivity contribution in [3.05, 3.63) is 69.8 Å². The molecule has 0 N–H and O–H groups in total. The molecule has 0 radical (unpaired) electrons. The number of nitro benzene ring substituents is 1. The van der Waals surface area contributed by atoms with Crippen LogP contribution in [0.5, 0.6) is 5.75 Å². The van der Waals surface area contributed by atoms with Gasteiger partial charge < -0.3 is 4.74 Å². The molecule has 6 heteroatoms. The minimum Gasteiger partial charge on any atom is -0.482 e. The van der Waals surface area contributed by atoms with E-state index in [1.54, 1.807) is 12.1 Å². The summed E-state index contributed by atoms with van der Waals surface area (Å²) in [6, 6.07) is 12.2. The lowest BCUT2D eigenvalue weighted by Gasteiger charge is -2.08. The molecule has 0 atom stereocenters. The summed E-state index contributed by atoms with van der Waals surface area (Å²) in [6.45, 7) is 0.135. The Morgan fingerprint density at radius 2 is 1.85 bits per heavy atom. The summed E-state index contributed by atoms with van der Waals surface area (Å²) < 4.78 is 30.4. The summed E-state index contributed by atoms with van der Waals surface area (Å²) in [6.07, 6.45) is -2.75. The molecule has 0 bridgehead atoms. The van der Waals surface area contributed by atoms with Crippen molar-refractivity contribution in [3.63, 3.8) is 0 Å². The molecule has 0 aromatic heterocycles. The second kappa shape index (κ2) is 6.10. The summed E-state index contributed by atoms with van der Waals surface area (Å²) in [5.41, 5.74) is -0.0257. The van der Waals surface area contributed by atoms with E-state index < -0.39 is 22.6 Å². The molecule has 0 aliphatic carbocycles. The van der Waals surface area contributed by atoms with Crippen molar-refractivity contribution in [2.75, 3.05) is 0 Å². The lowest BCUT2D eigenvalue weighted by Crippen LogP contribution is -2.00. The average molecular weight is 279 g/mol. The lowest BCUT2D eigenvalue weighted by atomic mass is 10.2. The van der Waals surface area contributed by atoms with Crippen LogP contribution in [0, 0.1) is 10.1 Å². The predicted octanol–water partition coefficient (Wildman–Crippen LogP) is 4.11. The van der Waals surface area contributed by atoms with Gasteiger partial charge in [0, 0.05) is 11.6 Å². The highest BCUT2D eigenvalue weighted by Gasteiger charge is 2.19. The highest BCUT2D eigenvalue weighted by Crippen LogP contribution is 2.32. The molecule has 2 aromatic carbocycles. The Kier molecular flexibility index (Phi) is 4.24. The van der Waals surface area contributed by atoms with Crippen molar-refractivity contribution in [2.24, 2.45) is 0 Å². The number of ether oxygens (including phenoxy) is 1. The van der Waals surface area contributed by atoms with Crippen molar-refractivity contribution in [1.29, 1.82) is 0 Å². The topological polar surface area (TPSA) is 52.4 Å². The molecule has 0 aliphatic heterocycles. The zero-order valence-electron chi connectivity index (χ0n) is 10.3. The first kappa shape index (κ1) is 13.9. The van der Waals surface area contributed by atoms with E-state index in [1.807, 2.05) is 18.2 Å². The van der Waals surface area contributed by atoms with Crippen molar-refractivity contribution in [1.82, 2.24) is 0 Å². The Balaban J connectivity index is 2.21. The van der Waals surface area contributed by atoms with Gasteiger partial charge >= 0.3 is 5.69 Å². The van der Waals surface area contributed by atoms with Crippen molar-refractivity contribution in [3.8, 4) is 5.75 Å². The summed E-state index contributed by atoms with van der Waals surface area (Å²) in [5, 5.41) is 10.9. The Bertz CT molecular complexity index is 603. The van der Waals surface area contributed by atoms with Gasteiger partial charge in [-0.2, -0.15) is 0 Å². The molecule has 0 saturated heterocycles. The molecule has 20 heavy (non-hydrogen) atoms. The highest BCUT2D eigenvalue weighted by molar-refractivity contribution is 5.49. The van der Waals surface area contributed by atoms with Crippen LogP contribution in [0.2, 0.25) is 0 Å². The molecule has 2 rings (SSSR count). The number of halogens is 2. The quantitative estimate of drug-likeness (QED) is 0.611. The van der Waals surface area contributed by atoms with Crippen molar-refractivity contribution < 1.29 is 18.4 Å². The van der Waals surface area contributed by atoms with E-state index in [9.17, 15) is 18.9 Å². The Morgan fingerprint density at radius 1 is 1.15 bits per heavy atom. The second-order valence-corrected chi connectivity index (χ2v) is 4.06. The van der Waals surface area contributed by atoms with E-state index >= 15 is 0 Å². The van der Waals surface area contributed by atoms with Crippen LogP contribution in [-0.2, 0) is 6.61 Å². The molecule has 0 heterocycles. The Hall–Kier alpha value is -2.50. The summed E-state index contributed by atoms with van der Waals surface area (Å²) in [7, 11) is 0. The number of nitro groups is 1. The third kappa shape index (κ3) is 3.28. The van der Waals surface area contributed by atoms with E-state index in [1.165, 1.54) is 6.07 Å². The minimum absolute atomic E-state index is 0.0248. The van der Waals surface area contributed by atoms with Gasteiger partial charge in [-0.3, -0.25) is 10.1 Å². The normalized spacial score (nSPS) is 10.6. The van der Waals surface area contributed by atoms with Gasteiger partial charge in [0.2, 0.25) is 0 Å². The zero-order valence-corrected chi connectivity index (χ0v) is 10.3. The van der Waals surface area contributed by atoms with Crippen LogP contribution in [0.4, 0.5) is 14.5 Å². The fourth-order valence-corrected chi connectivity index (χ4v) is 1.67. The molecule has 0 aliphatic rings.